The highest BCUT2D eigenvalue weighted by Crippen LogP contribution is 2.38. The van der Waals surface area contributed by atoms with Gasteiger partial charge in [-0.2, -0.15) is 0 Å². The van der Waals surface area contributed by atoms with Crippen LogP contribution in [0.1, 0.15) is 44.0 Å². The van der Waals surface area contributed by atoms with Gasteiger partial charge in [-0.15, -0.1) is 0 Å². The summed E-state index contributed by atoms with van der Waals surface area (Å²) in [5, 5.41) is 0.333. The molecule has 1 saturated heterocycles. The van der Waals surface area contributed by atoms with Gasteiger partial charge in [-0.3, -0.25) is 9.59 Å². The van der Waals surface area contributed by atoms with Crippen LogP contribution in [0.4, 0.5) is 0 Å². The van der Waals surface area contributed by atoms with Gasteiger partial charge in [-0.1, -0.05) is 18.5 Å². The van der Waals surface area contributed by atoms with Gasteiger partial charge in [0.05, 0.1) is 23.7 Å². The van der Waals surface area contributed by atoms with E-state index in [1.165, 1.54) is 0 Å². The summed E-state index contributed by atoms with van der Waals surface area (Å²) in [5.41, 5.74) is 5.17. The molecule has 0 aliphatic carbocycles. The third-order valence-corrected chi connectivity index (χ3v) is 4.64. The van der Waals surface area contributed by atoms with Crippen molar-refractivity contribution in [2.45, 2.75) is 33.6 Å². The predicted octanol–water partition coefficient (Wildman–Crippen LogP) is 2.87. The number of ether oxygens (including phenoxy) is 2. The van der Waals surface area contributed by atoms with Crippen LogP contribution in [0, 0.1) is 5.41 Å². The summed E-state index contributed by atoms with van der Waals surface area (Å²) in [7, 11) is 0. The Labute approximate surface area is 153 Å². The smallest absolute Gasteiger partial charge is 0.254 e. The minimum atomic E-state index is -0.688. The molecule has 0 spiro atoms. The molecule has 0 unspecified atom stereocenters. The molecule has 1 fully saturated rings. The molecule has 0 saturated carbocycles. The number of benzene rings is 1. The quantitative estimate of drug-likeness (QED) is 0.802. The first kappa shape index (κ1) is 19.4. The maximum atomic E-state index is 12.8. The second kappa shape index (κ2) is 7.95. The number of nitrogens with two attached hydrogens (primary N) is 1. The standard InChI is InChI=1S/C18H25ClN2O4/c1-4-8-25-15-13(19)9-12(10-14(15)24-5-2)16(22)21-7-6-18(3,11-21)17(20)23/h9-10H,4-8,11H2,1-3H3,(H2,20,23)/t18-/m1/s1. The first-order valence-electron chi connectivity index (χ1n) is 8.50. The zero-order valence-electron chi connectivity index (χ0n) is 14.9. The van der Waals surface area contributed by atoms with Crippen LogP contribution in [0.25, 0.3) is 0 Å². The van der Waals surface area contributed by atoms with E-state index in [0.29, 0.717) is 54.8 Å². The number of carbonyl (C=O) groups excluding carboxylic acids is 2. The molecule has 2 N–H and O–H groups in total. The lowest BCUT2D eigenvalue weighted by Gasteiger charge is -2.22. The van der Waals surface area contributed by atoms with Crippen LogP contribution in [-0.2, 0) is 4.79 Å². The number of carbonyl (C=O) groups is 2. The number of hydrogen-bond donors (Lipinski definition) is 1. The topological polar surface area (TPSA) is 81.9 Å². The van der Waals surface area contributed by atoms with Gasteiger partial charge >= 0.3 is 0 Å². The maximum absolute atomic E-state index is 12.8. The number of hydrogen-bond acceptors (Lipinski definition) is 4. The van der Waals surface area contributed by atoms with Gasteiger partial charge < -0.3 is 20.1 Å². The van der Waals surface area contributed by atoms with Gasteiger partial charge in [0.15, 0.2) is 11.5 Å². The molecule has 138 valence electrons. The van der Waals surface area contributed by atoms with Crippen molar-refractivity contribution in [3.8, 4) is 11.5 Å². The third-order valence-electron chi connectivity index (χ3n) is 4.36. The molecule has 1 aliphatic rings. The lowest BCUT2D eigenvalue weighted by molar-refractivity contribution is -0.126. The number of halogens is 1. The van der Waals surface area contributed by atoms with Crippen LogP contribution in [0.3, 0.4) is 0 Å². The number of rotatable bonds is 7. The van der Waals surface area contributed by atoms with E-state index in [2.05, 4.69) is 0 Å². The van der Waals surface area contributed by atoms with E-state index >= 15 is 0 Å². The van der Waals surface area contributed by atoms with Gasteiger partial charge in [0.2, 0.25) is 5.91 Å². The van der Waals surface area contributed by atoms with E-state index in [9.17, 15) is 9.59 Å². The third kappa shape index (κ3) is 4.18. The molecule has 1 aromatic carbocycles. The molecule has 1 aromatic rings. The SMILES string of the molecule is CCCOc1c(Cl)cc(C(=O)N2CC[C@@](C)(C(N)=O)C2)cc1OCC. The Balaban J connectivity index is 2.27. The van der Waals surface area contributed by atoms with E-state index in [1.807, 2.05) is 13.8 Å². The van der Waals surface area contributed by atoms with Crippen molar-refractivity contribution in [1.29, 1.82) is 0 Å². The maximum Gasteiger partial charge on any atom is 0.254 e. The van der Waals surface area contributed by atoms with Crippen molar-refractivity contribution in [2.75, 3.05) is 26.3 Å². The van der Waals surface area contributed by atoms with E-state index in [-0.39, 0.29) is 11.8 Å². The van der Waals surface area contributed by atoms with Crippen molar-refractivity contribution < 1.29 is 19.1 Å². The fourth-order valence-electron chi connectivity index (χ4n) is 2.82. The first-order valence-corrected chi connectivity index (χ1v) is 8.88. The monoisotopic (exact) mass is 368 g/mol. The summed E-state index contributed by atoms with van der Waals surface area (Å²) in [6.07, 6.45) is 1.39. The minimum absolute atomic E-state index is 0.199. The fraction of sp³-hybridized carbons (Fsp3) is 0.556. The molecule has 0 aromatic heterocycles. The van der Waals surface area contributed by atoms with Crippen LogP contribution < -0.4 is 15.2 Å². The molecular weight excluding hydrogens is 344 g/mol. The van der Waals surface area contributed by atoms with Crippen LogP contribution in [0.15, 0.2) is 12.1 Å². The molecule has 0 bridgehead atoms. The lowest BCUT2D eigenvalue weighted by atomic mass is 9.89. The van der Waals surface area contributed by atoms with Gasteiger partial charge in [0.1, 0.15) is 0 Å². The number of primary amides is 1. The average Bonchev–Trinajstić information content (AvgIpc) is 2.97. The van der Waals surface area contributed by atoms with Crippen molar-refractivity contribution >= 4 is 23.4 Å². The second-order valence-electron chi connectivity index (χ2n) is 6.47. The summed E-state index contributed by atoms with van der Waals surface area (Å²) in [6, 6.07) is 3.22. The van der Waals surface area contributed by atoms with Gasteiger partial charge in [0, 0.05) is 18.7 Å². The molecule has 1 aliphatic heterocycles. The van der Waals surface area contributed by atoms with Crippen molar-refractivity contribution in [1.82, 2.24) is 4.90 Å². The Bertz CT molecular complexity index is 665. The Morgan fingerprint density at radius 1 is 1.32 bits per heavy atom. The fourth-order valence-corrected chi connectivity index (χ4v) is 3.08. The molecule has 1 heterocycles. The van der Waals surface area contributed by atoms with E-state index < -0.39 is 5.41 Å². The Morgan fingerprint density at radius 2 is 2.04 bits per heavy atom. The Morgan fingerprint density at radius 3 is 2.60 bits per heavy atom. The van der Waals surface area contributed by atoms with Crippen LogP contribution in [0.5, 0.6) is 11.5 Å². The first-order chi connectivity index (χ1) is 11.8. The molecular formula is C18H25ClN2O4. The van der Waals surface area contributed by atoms with Crippen molar-refractivity contribution in [2.24, 2.45) is 11.1 Å². The number of likely N-dealkylation sites (tertiary alicyclic amines) is 1. The highest BCUT2D eigenvalue weighted by atomic mass is 35.5. The molecule has 1 atom stereocenters. The average molecular weight is 369 g/mol. The van der Waals surface area contributed by atoms with Crippen molar-refractivity contribution in [3.05, 3.63) is 22.7 Å². The zero-order chi connectivity index (χ0) is 18.6. The molecule has 0 radical (unpaired) electrons. The molecule has 25 heavy (non-hydrogen) atoms. The summed E-state index contributed by atoms with van der Waals surface area (Å²) >= 11 is 6.31. The Kier molecular flexibility index (Phi) is 6.16. The van der Waals surface area contributed by atoms with Gasteiger partial charge in [-0.25, -0.2) is 0 Å². The highest BCUT2D eigenvalue weighted by molar-refractivity contribution is 6.32. The highest BCUT2D eigenvalue weighted by Gasteiger charge is 2.41. The van der Waals surface area contributed by atoms with E-state index in [0.717, 1.165) is 6.42 Å². The predicted molar refractivity (Wildman–Crippen MR) is 96.2 cm³/mol. The molecule has 2 amide bonds. The largest absolute Gasteiger partial charge is 0.490 e. The van der Waals surface area contributed by atoms with Crippen LogP contribution >= 0.6 is 11.6 Å². The van der Waals surface area contributed by atoms with E-state index in [4.69, 9.17) is 26.8 Å². The molecule has 2 rings (SSSR count). The number of nitrogens with zero attached hydrogens (tertiary/aromatic N) is 1. The zero-order valence-corrected chi connectivity index (χ0v) is 15.7. The summed E-state index contributed by atoms with van der Waals surface area (Å²) in [6.45, 7) is 7.35. The lowest BCUT2D eigenvalue weighted by Crippen LogP contribution is -2.38. The molecule has 7 heteroatoms. The summed E-state index contributed by atoms with van der Waals surface area (Å²) < 4.78 is 11.2. The van der Waals surface area contributed by atoms with Crippen LogP contribution in [0.2, 0.25) is 5.02 Å². The van der Waals surface area contributed by atoms with Crippen LogP contribution in [-0.4, -0.2) is 43.0 Å². The van der Waals surface area contributed by atoms with E-state index in [1.54, 1.807) is 24.0 Å². The normalized spacial score (nSPS) is 19.8. The number of amides is 2. The Hall–Kier alpha value is -1.95. The van der Waals surface area contributed by atoms with Gasteiger partial charge in [0.25, 0.3) is 5.91 Å². The van der Waals surface area contributed by atoms with Crippen molar-refractivity contribution in [3.63, 3.8) is 0 Å². The van der Waals surface area contributed by atoms with Gasteiger partial charge in [-0.05, 0) is 38.8 Å². The molecule has 6 nitrogen and oxygen atoms in total. The summed E-state index contributed by atoms with van der Waals surface area (Å²) in [5.74, 6) is 0.308. The summed E-state index contributed by atoms with van der Waals surface area (Å²) in [4.78, 5) is 26.0. The second-order valence-corrected chi connectivity index (χ2v) is 6.88. The minimum Gasteiger partial charge on any atom is -0.490 e.